The highest BCUT2D eigenvalue weighted by Crippen LogP contribution is 2.34. The maximum atomic E-state index is 12.5. The van der Waals surface area contributed by atoms with E-state index in [0.717, 1.165) is 35.3 Å². The van der Waals surface area contributed by atoms with E-state index in [2.05, 4.69) is 5.32 Å². The van der Waals surface area contributed by atoms with E-state index in [1.165, 1.54) is 12.8 Å². The molecule has 0 bridgehead atoms. The molecule has 1 saturated carbocycles. The van der Waals surface area contributed by atoms with Gasteiger partial charge in [-0.1, -0.05) is 42.0 Å². The molecule has 6 heteroatoms. The van der Waals surface area contributed by atoms with Crippen molar-refractivity contribution in [2.45, 2.75) is 51.3 Å². The Hall–Kier alpha value is -2.24. The van der Waals surface area contributed by atoms with Gasteiger partial charge in [-0.25, -0.2) is 0 Å². The van der Waals surface area contributed by atoms with Crippen LogP contribution in [0, 0.1) is 6.92 Å². The Morgan fingerprint density at radius 3 is 2.50 bits per heavy atom. The number of nitrogens with two attached hydrogens (primary N) is 1. The molecular weight excluding hydrogens is 376 g/mol. The van der Waals surface area contributed by atoms with Gasteiger partial charge in [0.1, 0.15) is 6.04 Å². The zero-order valence-corrected chi connectivity index (χ0v) is 17.3. The van der Waals surface area contributed by atoms with Crippen molar-refractivity contribution in [3.05, 3.63) is 59.2 Å². The molecule has 3 N–H and O–H groups in total. The molecular formula is C22H29ClN2O3. The van der Waals surface area contributed by atoms with Crippen molar-refractivity contribution >= 4 is 18.3 Å². The van der Waals surface area contributed by atoms with Crippen LogP contribution in [0.2, 0.25) is 0 Å². The van der Waals surface area contributed by atoms with Crippen molar-refractivity contribution in [2.24, 2.45) is 5.73 Å². The van der Waals surface area contributed by atoms with E-state index in [9.17, 15) is 4.79 Å². The number of benzene rings is 2. The van der Waals surface area contributed by atoms with E-state index < -0.39 is 6.04 Å². The van der Waals surface area contributed by atoms with Gasteiger partial charge in [-0.05, 0) is 44.2 Å². The monoisotopic (exact) mass is 404 g/mol. The summed E-state index contributed by atoms with van der Waals surface area (Å²) in [6.07, 6.45) is 4.71. The van der Waals surface area contributed by atoms with Crippen LogP contribution < -0.4 is 20.5 Å². The Labute approximate surface area is 173 Å². The van der Waals surface area contributed by atoms with Gasteiger partial charge >= 0.3 is 0 Å². The van der Waals surface area contributed by atoms with E-state index >= 15 is 0 Å². The van der Waals surface area contributed by atoms with Gasteiger partial charge in [0.25, 0.3) is 0 Å². The molecule has 28 heavy (non-hydrogen) atoms. The number of hydrogen-bond acceptors (Lipinski definition) is 4. The van der Waals surface area contributed by atoms with Gasteiger partial charge < -0.3 is 20.5 Å². The molecule has 1 aliphatic carbocycles. The normalized spacial score (nSPS) is 14.8. The molecule has 0 saturated heterocycles. The molecule has 1 fully saturated rings. The number of carbonyl (C=O) groups excluding carboxylic acids is 1. The van der Waals surface area contributed by atoms with Crippen molar-refractivity contribution in [2.75, 3.05) is 7.11 Å². The fraction of sp³-hybridized carbons (Fsp3) is 0.409. The number of ether oxygens (including phenoxy) is 2. The third-order valence-corrected chi connectivity index (χ3v) is 5.04. The SMILES string of the molecule is COc1cccc(CNC(=O)C(N)c2ccc(C)cc2)c1OC1CCCC1.Cl. The number of hydrogen-bond donors (Lipinski definition) is 2. The first-order valence-corrected chi connectivity index (χ1v) is 9.51. The van der Waals surface area contributed by atoms with Gasteiger partial charge in [-0.2, -0.15) is 0 Å². The fourth-order valence-electron chi connectivity index (χ4n) is 3.39. The largest absolute Gasteiger partial charge is 0.493 e. The highest BCUT2D eigenvalue weighted by molar-refractivity contribution is 5.85. The van der Waals surface area contributed by atoms with Crippen molar-refractivity contribution in [3.63, 3.8) is 0 Å². The number of aryl methyl sites for hydroxylation is 1. The van der Waals surface area contributed by atoms with Crippen LogP contribution in [0.5, 0.6) is 11.5 Å². The van der Waals surface area contributed by atoms with Gasteiger partial charge in [0.2, 0.25) is 5.91 Å². The van der Waals surface area contributed by atoms with Crippen LogP contribution in [-0.2, 0) is 11.3 Å². The zero-order valence-electron chi connectivity index (χ0n) is 16.4. The summed E-state index contributed by atoms with van der Waals surface area (Å²) < 4.78 is 11.7. The summed E-state index contributed by atoms with van der Waals surface area (Å²) in [5.41, 5.74) is 8.94. The molecule has 1 amide bonds. The molecule has 5 nitrogen and oxygen atoms in total. The molecule has 0 heterocycles. The molecule has 1 aliphatic rings. The van der Waals surface area contributed by atoms with E-state index in [4.69, 9.17) is 15.2 Å². The molecule has 0 spiro atoms. The average molecular weight is 405 g/mol. The average Bonchev–Trinajstić information content (AvgIpc) is 3.20. The van der Waals surface area contributed by atoms with Crippen LogP contribution in [0.3, 0.4) is 0 Å². The van der Waals surface area contributed by atoms with Gasteiger partial charge in [0.15, 0.2) is 11.5 Å². The number of para-hydroxylation sites is 1. The smallest absolute Gasteiger partial charge is 0.241 e. The number of amides is 1. The Kier molecular flexibility index (Phi) is 8.15. The van der Waals surface area contributed by atoms with E-state index in [-0.39, 0.29) is 24.4 Å². The summed E-state index contributed by atoms with van der Waals surface area (Å²) in [6.45, 7) is 2.35. The summed E-state index contributed by atoms with van der Waals surface area (Å²) in [5.74, 6) is 1.20. The van der Waals surface area contributed by atoms with Crippen LogP contribution in [0.1, 0.15) is 48.4 Å². The summed E-state index contributed by atoms with van der Waals surface area (Å²) >= 11 is 0. The molecule has 2 aromatic carbocycles. The van der Waals surface area contributed by atoms with Gasteiger partial charge in [0.05, 0.1) is 13.2 Å². The Morgan fingerprint density at radius 2 is 1.86 bits per heavy atom. The van der Waals surface area contributed by atoms with E-state index in [1.54, 1.807) is 7.11 Å². The Bertz CT molecular complexity index is 774. The molecule has 1 atom stereocenters. The van der Waals surface area contributed by atoms with Crippen LogP contribution in [0.25, 0.3) is 0 Å². The van der Waals surface area contributed by atoms with Crippen LogP contribution in [-0.4, -0.2) is 19.1 Å². The molecule has 0 aromatic heterocycles. The molecule has 152 valence electrons. The number of carbonyl (C=O) groups is 1. The first-order chi connectivity index (χ1) is 13.1. The molecule has 2 aromatic rings. The third-order valence-electron chi connectivity index (χ3n) is 5.04. The van der Waals surface area contributed by atoms with Crippen LogP contribution >= 0.6 is 12.4 Å². The molecule has 0 aliphatic heterocycles. The highest BCUT2D eigenvalue weighted by Gasteiger charge is 2.21. The lowest BCUT2D eigenvalue weighted by Gasteiger charge is -2.20. The van der Waals surface area contributed by atoms with Gasteiger partial charge in [0, 0.05) is 12.1 Å². The van der Waals surface area contributed by atoms with E-state index in [1.807, 2.05) is 49.4 Å². The topological polar surface area (TPSA) is 73.6 Å². The number of halogens is 1. The van der Waals surface area contributed by atoms with Crippen molar-refractivity contribution in [1.82, 2.24) is 5.32 Å². The standard InChI is InChI=1S/C22H28N2O3.ClH/c1-15-10-12-16(13-11-15)20(23)22(25)24-14-17-6-5-9-19(26-2)21(17)27-18-7-3-4-8-18;/h5-6,9-13,18,20H,3-4,7-8,14,23H2,1-2H3,(H,24,25);1H. The number of nitrogens with one attached hydrogen (secondary N) is 1. The molecule has 0 radical (unpaired) electrons. The lowest BCUT2D eigenvalue weighted by molar-refractivity contribution is -0.122. The predicted molar refractivity (Wildman–Crippen MR) is 113 cm³/mol. The van der Waals surface area contributed by atoms with Gasteiger partial charge in [-0.3, -0.25) is 4.79 Å². The van der Waals surface area contributed by atoms with Crippen LogP contribution in [0.4, 0.5) is 0 Å². The zero-order chi connectivity index (χ0) is 19.2. The fourth-order valence-corrected chi connectivity index (χ4v) is 3.39. The maximum Gasteiger partial charge on any atom is 0.241 e. The minimum Gasteiger partial charge on any atom is -0.493 e. The van der Waals surface area contributed by atoms with Crippen molar-refractivity contribution in [1.29, 1.82) is 0 Å². The van der Waals surface area contributed by atoms with Crippen LogP contribution in [0.15, 0.2) is 42.5 Å². The summed E-state index contributed by atoms with van der Waals surface area (Å²) in [4.78, 5) is 12.5. The first-order valence-electron chi connectivity index (χ1n) is 9.51. The summed E-state index contributed by atoms with van der Waals surface area (Å²) in [6, 6.07) is 12.7. The molecule has 3 rings (SSSR count). The second kappa shape index (κ2) is 10.3. The summed E-state index contributed by atoms with van der Waals surface area (Å²) in [7, 11) is 1.63. The lowest BCUT2D eigenvalue weighted by atomic mass is 10.1. The van der Waals surface area contributed by atoms with E-state index in [0.29, 0.717) is 12.3 Å². The Morgan fingerprint density at radius 1 is 1.18 bits per heavy atom. The van der Waals surface area contributed by atoms with Crippen molar-refractivity contribution < 1.29 is 14.3 Å². The van der Waals surface area contributed by atoms with Crippen molar-refractivity contribution in [3.8, 4) is 11.5 Å². The maximum absolute atomic E-state index is 12.5. The second-order valence-corrected chi connectivity index (χ2v) is 7.08. The lowest BCUT2D eigenvalue weighted by Crippen LogP contribution is -2.33. The molecule has 1 unspecified atom stereocenters. The Balaban J connectivity index is 0.00000280. The highest BCUT2D eigenvalue weighted by atomic mass is 35.5. The number of rotatable bonds is 7. The minimum atomic E-state index is -0.699. The second-order valence-electron chi connectivity index (χ2n) is 7.08. The first kappa shape index (κ1) is 22.1. The quantitative estimate of drug-likeness (QED) is 0.729. The summed E-state index contributed by atoms with van der Waals surface area (Å²) in [5, 5.41) is 2.93. The minimum absolute atomic E-state index is 0. The van der Waals surface area contributed by atoms with Gasteiger partial charge in [-0.15, -0.1) is 12.4 Å². The number of methoxy groups -OCH3 is 1. The predicted octanol–water partition coefficient (Wildman–Crippen LogP) is 4.06. The third kappa shape index (κ3) is 5.40.